The molecule has 8 heteroatoms. The molecule has 2 amide bonds. The number of urea groups is 1. The summed E-state index contributed by atoms with van der Waals surface area (Å²) in [6, 6.07) is 10.9. The summed E-state index contributed by atoms with van der Waals surface area (Å²) < 4.78 is 0. The van der Waals surface area contributed by atoms with Crippen molar-refractivity contribution in [1.82, 2.24) is 25.6 Å². The van der Waals surface area contributed by atoms with Crippen LogP contribution in [-0.4, -0.2) is 43.1 Å². The summed E-state index contributed by atoms with van der Waals surface area (Å²) in [4.78, 5) is 23.7. The Kier molecular flexibility index (Phi) is 3.27. The van der Waals surface area contributed by atoms with E-state index in [2.05, 4.69) is 35.6 Å². The first-order valence-corrected chi connectivity index (χ1v) is 7.21. The Bertz CT molecular complexity index is 989. The van der Waals surface area contributed by atoms with E-state index in [4.69, 9.17) is 0 Å². The highest BCUT2D eigenvalue weighted by Crippen LogP contribution is 2.32. The molecule has 0 radical (unpaired) electrons. The van der Waals surface area contributed by atoms with Gasteiger partial charge < -0.3 is 0 Å². The maximum absolute atomic E-state index is 11.5. The predicted molar refractivity (Wildman–Crippen MR) is 87.9 cm³/mol. The van der Waals surface area contributed by atoms with E-state index >= 15 is 0 Å². The number of carbonyl (C=O) groups excluding carboxylic acids is 1. The van der Waals surface area contributed by atoms with Crippen molar-refractivity contribution >= 4 is 17.5 Å². The number of aliphatic imine (C=N–C) groups is 2. The van der Waals surface area contributed by atoms with E-state index in [9.17, 15) is 4.79 Å². The van der Waals surface area contributed by atoms with Gasteiger partial charge in [-0.25, -0.2) is 4.79 Å². The molecular formula is C16H11N7O. The number of pyridine rings is 1. The number of H-pyrrole nitrogens is 1. The standard InChI is InChI=1S/C16H11N7O/c1-9-13(19-16(24)18-9)14-11(7-4-8-17-14)10-5-2-3-6-12(10)15-20-22-23-21-15/h2-8H,1H3,(H,20,21,22,23). The van der Waals surface area contributed by atoms with Crippen LogP contribution < -0.4 is 0 Å². The van der Waals surface area contributed by atoms with Gasteiger partial charge in [-0.2, -0.15) is 15.2 Å². The highest BCUT2D eigenvalue weighted by atomic mass is 16.2. The Morgan fingerprint density at radius 1 is 0.958 bits per heavy atom. The lowest BCUT2D eigenvalue weighted by molar-refractivity contribution is 0.257. The molecule has 2 aromatic heterocycles. The molecule has 0 unspecified atom stereocenters. The number of aromatic nitrogens is 5. The Hall–Kier alpha value is -3.55. The fraction of sp³-hybridized carbons (Fsp3) is 0.0625. The van der Waals surface area contributed by atoms with E-state index in [1.165, 1.54) is 0 Å². The third kappa shape index (κ3) is 2.30. The topological polar surface area (TPSA) is 109 Å². The van der Waals surface area contributed by atoms with Gasteiger partial charge in [0.05, 0.1) is 11.4 Å². The molecule has 0 saturated carbocycles. The average Bonchev–Trinajstić information content (AvgIpc) is 3.24. The van der Waals surface area contributed by atoms with Gasteiger partial charge in [0.2, 0.25) is 5.82 Å². The zero-order valence-corrected chi connectivity index (χ0v) is 12.6. The van der Waals surface area contributed by atoms with Gasteiger partial charge in [-0.1, -0.05) is 30.3 Å². The number of nitrogens with one attached hydrogen (secondary N) is 1. The Morgan fingerprint density at radius 2 is 1.75 bits per heavy atom. The van der Waals surface area contributed by atoms with E-state index in [-0.39, 0.29) is 0 Å². The number of benzene rings is 1. The molecule has 116 valence electrons. The van der Waals surface area contributed by atoms with Crippen LogP contribution in [0.5, 0.6) is 0 Å². The van der Waals surface area contributed by atoms with Crippen LogP contribution in [0.4, 0.5) is 4.79 Å². The van der Waals surface area contributed by atoms with Crippen LogP contribution in [0.1, 0.15) is 12.6 Å². The number of nitrogens with zero attached hydrogens (tertiary/aromatic N) is 6. The lowest BCUT2D eigenvalue weighted by atomic mass is 9.95. The van der Waals surface area contributed by atoms with Crippen molar-refractivity contribution in [1.29, 1.82) is 0 Å². The first-order valence-electron chi connectivity index (χ1n) is 7.21. The highest BCUT2D eigenvalue weighted by Gasteiger charge is 2.23. The molecule has 24 heavy (non-hydrogen) atoms. The molecule has 0 aliphatic carbocycles. The molecule has 8 nitrogen and oxygen atoms in total. The third-order valence-corrected chi connectivity index (χ3v) is 3.65. The molecule has 4 rings (SSSR count). The first-order chi connectivity index (χ1) is 11.7. The molecule has 1 aliphatic rings. The van der Waals surface area contributed by atoms with Crippen molar-refractivity contribution in [2.24, 2.45) is 9.98 Å². The minimum atomic E-state index is -0.509. The number of amides is 2. The summed E-state index contributed by atoms with van der Waals surface area (Å²) >= 11 is 0. The van der Waals surface area contributed by atoms with Crippen molar-refractivity contribution in [2.45, 2.75) is 6.92 Å². The smallest absolute Gasteiger partial charge is 0.254 e. The molecular weight excluding hydrogens is 306 g/mol. The fourth-order valence-corrected chi connectivity index (χ4v) is 2.62. The van der Waals surface area contributed by atoms with Gasteiger partial charge in [0, 0.05) is 17.3 Å². The van der Waals surface area contributed by atoms with Gasteiger partial charge in [0.15, 0.2) is 0 Å². The maximum Gasteiger partial charge on any atom is 0.368 e. The van der Waals surface area contributed by atoms with Gasteiger partial charge in [-0.3, -0.25) is 4.98 Å². The van der Waals surface area contributed by atoms with Crippen molar-refractivity contribution in [3.05, 3.63) is 48.3 Å². The van der Waals surface area contributed by atoms with Crippen LogP contribution in [0.15, 0.2) is 52.6 Å². The van der Waals surface area contributed by atoms with Gasteiger partial charge >= 0.3 is 6.03 Å². The zero-order valence-electron chi connectivity index (χ0n) is 12.6. The van der Waals surface area contributed by atoms with E-state index in [1.54, 1.807) is 13.1 Å². The second-order valence-electron chi connectivity index (χ2n) is 5.12. The molecule has 0 atom stereocenters. The van der Waals surface area contributed by atoms with E-state index < -0.39 is 6.03 Å². The van der Waals surface area contributed by atoms with Crippen LogP contribution in [-0.2, 0) is 0 Å². The maximum atomic E-state index is 11.5. The summed E-state index contributed by atoms with van der Waals surface area (Å²) in [5.74, 6) is 0.482. The Morgan fingerprint density at radius 3 is 2.46 bits per heavy atom. The SMILES string of the molecule is CC1=NC(=O)N=C1c1ncccc1-c1ccccc1-c1nn[nH]n1. The third-order valence-electron chi connectivity index (χ3n) is 3.65. The van der Waals surface area contributed by atoms with Gasteiger partial charge in [-0.15, -0.1) is 10.2 Å². The summed E-state index contributed by atoms with van der Waals surface area (Å²) in [6.45, 7) is 1.74. The molecule has 1 aromatic carbocycles. The van der Waals surface area contributed by atoms with Crippen LogP contribution in [0.2, 0.25) is 0 Å². The van der Waals surface area contributed by atoms with E-state index in [1.807, 2.05) is 36.4 Å². The predicted octanol–water partition coefficient (Wildman–Crippen LogP) is 2.31. The molecule has 3 heterocycles. The van der Waals surface area contributed by atoms with Crippen molar-refractivity contribution in [3.8, 4) is 22.5 Å². The number of rotatable bonds is 3. The Labute approximate surface area is 136 Å². The van der Waals surface area contributed by atoms with Crippen molar-refractivity contribution in [3.63, 3.8) is 0 Å². The van der Waals surface area contributed by atoms with Crippen molar-refractivity contribution < 1.29 is 4.79 Å². The quantitative estimate of drug-likeness (QED) is 0.797. The number of tetrazole rings is 1. The summed E-state index contributed by atoms with van der Waals surface area (Å²) in [6.07, 6.45) is 1.66. The number of carbonyl (C=O) groups is 1. The number of aromatic amines is 1. The normalized spacial score (nSPS) is 13.8. The van der Waals surface area contributed by atoms with Gasteiger partial charge in [-0.05, 0) is 23.8 Å². The fourth-order valence-electron chi connectivity index (χ4n) is 2.62. The molecule has 1 N–H and O–H groups in total. The molecule has 0 bridgehead atoms. The van der Waals surface area contributed by atoms with Crippen LogP contribution in [0.3, 0.4) is 0 Å². The monoisotopic (exact) mass is 317 g/mol. The minimum absolute atomic E-state index is 0.482. The molecule has 0 saturated heterocycles. The summed E-state index contributed by atoms with van der Waals surface area (Å²) in [5.41, 5.74) is 4.13. The lowest BCUT2D eigenvalue weighted by Gasteiger charge is -2.11. The van der Waals surface area contributed by atoms with E-state index in [0.717, 1.165) is 16.7 Å². The summed E-state index contributed by atoms with van der Waals surface area (Å²) in [5, 5.41) is 14.2. The molecule has 3 aromatic rings. The number of hydrogen-bond acceptors (Lipinski definition) is 5. The average molecular weight is 317 g/mol. The van der Waals surface area contributed by atoms with Crippen LogP contribution in [0, 0.1) is 0 Å². The second-order valence-corrected chi connectivity index (χ2v) is 5.12. The first kappa shape index (κ1) is 14.1. The summed E-state index contributed by atoms with van der Waals surface area (Å²) in [7, 11) is 0. The van der Waals surface area contributed by atoms with Gasteiger partial charge in [0.25, 0.3) is 0 Å². The molecule has 1 aliphatic heterocycles. The minimum Gasteiger partial charge on any atom is -0.254 e. The Balaban J connectivity index is 1.93. The van der Waals surface area contributed by atoms with E-state index in [0.29, 0.717) is 22.9 Å². The van der Waals surface area contributed by atoms with Crippen molar-refractivity contribution in [2.75, 3.05) is 0 Å². The van der Waals surface area contributed by atoms with Crippen LogP contribution in [0.25, 0.3) is 22.5 Å². The van der Waals surface area contributed by atoms with Gasteiger partial charge in [0.1, 0.15) is 5.71 Å². The largest absolute Gasteiger partial charge is 0.368 e. The lowest BCUT2D eigenvalue weighted by Crippen LogP contribution is -2.12. The second kappa shape index (κ2) is 5.58. The van der Waals surface area contributed by atoms with Crippen LogP contribution >= 0.6 is 0 Å². The zero-order chi connectivity index (χ0) is 16.5. The molecule has 0 spiro atoms. The molecule has 0 fully saturated rings. The number of hydrogen-bond donors (Lipinski definition) is 1. The highest BCUT2D eigenvalue weighted by molar-refractivity contribution is 6.52.